The van der Waals surface area contributed by atoms with E-state index in [1.807, 2.05) is 7.05 Å². The molecule has 1 aliphatic carbocycles. The van der Waals surface area contributed by atoms with Crippen LogP contribution < -0.4 is 20.9 Å². The van der Waals surface area contributed by atoms with Crippen LogP contribution in [0.1, 0.15) is 51.0 Å². The number of nitrogens with zero attached hydrogens (tertiary/aromatic N) is 1. The number of piperidine rings is 1. The highest BCUT2D eigenvalue weighted by Gasteiger charge is 2.31. The molecule has 4 N–H and O–H groups in total. The molecule has 2 aliphatic rings. The predicted octanol–water partition coefficient (Wildman–Crippen LogP) is 5.36. The molecule has 0 amide bonds. The summed E-state index contributed by atoms with van der Waals surface area (Å²) in [6, 6.07) is 8.96. The Hall–Kier alpha value is -2.82. The number of hydrogen-bond donors (Lipinski definition) is 4. The van der Waals surface area contributed by atoms with Crippen LogP contribution in [0.3, 0.4) is 0 Å². The minimum atomic E-state index is 0.176. The van der Waals surface area contributed by atoms with Gasteiger partial charge < -0.3 is 26.0 Å². The molecule has 1 saturated heterocycles. The first-order valence-electron chi connectivity index (χ1n) is 12.5. The van der Waals surface area contributed by atoms with Crippen LogP contribution in [-0.4, -0.2) is 32.3 Å². The highest BCUT2D eigenvalue weighted by atomic mass is 16.3. The fourth-order valence-electron chi connectivity index (χ4n) is 5.19. The SMILES string of the molecule is C=C(NCc1ccc(N2CCC3CCCCC3C2)cc1)C(/C=C(O)\C=C/NC)=C(\CC)NC. The summed E-state index contributed by atoms with van der Waals surface area (Å²) in [6.45, 7) is 9.42. The second-order valence-electron chi connectivity index (χ2n) is 9.22. The van der Waals surface area contributed by atoms with Crippen LogP contribution in [0, 0.1) is 11.8 Å². The number of rotatable bonds is 10. The van der Waals surface area contributed by atoms with Crippen LogP contribution in [0.4, 0.5) is 5.69 Å². The third-order valence-corrected chi connectivity index (χ3v) is 7.12. The van der Waals surface area contributed by atoms with Gasteiger partial charge in [-0.1, -0.05) is 44.9 Å². The summed E-state index contributed by atoms with van der Waals surface area (Å²) in [5.41, 5.74) is 5.25. The van der Waals surface area contributed by atoms with Crippen molar-refractivity contribution in [2.24, 2.45) is 11.8 Å². The molecule has 1 aromatic carbocycles. The van der Waals surface area contributed by atoms with Gasteiger partial charge in [0.05, 0.1) is 0 Å². The largest absolute Gasteiger partial charge is 0.508 e. The van der Waals surface area contributed by atoms with Gasteiger partial charge in [-0.2, -0.15) is 0 Å². The summed E-state index contributed by atoms with van der Waals surface area (Å²) in [5, 5.41) is 19.8. The molecule has 0 aromatic heterocycles. The van der Waals surface area contributed by atoms with Crippen LogP contribution in [0.15, 0.2) is 71.9 Å². The van der Waals surface area contributed by atoms with E-state index in [2.05, 4.69) is 58.6 Å². The molecule has 5 heteroatoms. The fourth-order valence-corrected chi connectivity index (χ4v) is 5.19. The average molecular weight is 451 g/mol. The van der Waals surface area contributed by atoms with Gasteiger partial charge in [0.2, 0.25) is 0 Å². The summed E-state index contributed by atoms with van der Waals surface area (Å²) in [6.07, 6.45) is 12.9. The Balaban J connectivity index is 1.61. The lowest BCUT2D eigenvalue weighted by atomic mass is 9.75. The monoisotopic (exact) mass is 450 g/mol. The Morgan fingerprint density at radius 2 is 1.85 bits per heavy atom. The van der Waals surface area contributed by atoms with Crippen LogP contribution in [0.25, 0.3) is 0 Å². The minimum absolute atomic E-state index is 0.176. The lowest BCUT2D eigenvalue weighted by molar-refractivity contribution is 0.202. The standard InChI is InChI=1S/C28H42N4O/c1-5-28(30-4)27(18-26(33)14-16-29-3)21(2)31-19-22-10-12-25(13-11-22)32-17-15-23-8-6-7-9-24(23)20-32/h10-14,16,18,23-24,29-31,33H,2,5-9,15,17,19-20H2,1,3-4H3/b16-14-,26-18+,28-27+. The summed E-state index contributed by atoms with van der Waals surface area (Å²) in [5.74, 6) is 2.02. The maximum absolute atomic E-state index is 10.3. The van der Waals surface area contributed by atoms with Gasteiger partial charge in [-0.3, -0.25) is 0 Å². The number of anilines is 1. The van der Waals surface area contributed by atoms with Crippen molar-refractivity contribution in [1.82, 2.24) is 16.0 Å². The summed E-state index contributed by atoms with van der Waals surface area (Å²) >= 11 is 0. The van der Waals surface area contributed by atoms with Crippen molar-refractivity contribution >= 4 is 5.69 Å². The van der Waals surface area contributed by atoms with Crippen LogP contribution in [0.2, 0.25) is 0 Å². The highest BCUT2D eigenvalue weighted by molar-refractivity contribution is 5.48. The van der Waals surface area contributed by atoms with E-state index in [9.17, 15) is 5.11 Å². The van der Waals surface area contributed by atoms with Crippen molar-refractivity contribution in [2.45, 2.75) is 52.0 Å². The Kier molecular flexibility index (Phi) is 9.35. The minimum Gasteiger partial charge on any atom is -0.508 e. The fraction of sp³-hybridized carbons (Fsp3) is 0.500. The van der Waals surface area contributed by atoms with E-state index >= 15 is 0 Å². The molecule has 180 valence electrons. The quantitative estimate of drug-likeness (QED) is 0.285. The van der Waals surface area contributed by atoms with E-state index in [4.69, 9.17) is 0 Å². The maximum atomic E-state index is 10.3. The molecule has 1 aliphatic heterocycles. The highest BCUT2D eigenvalue weighted by Crippen LogP contribution is 2.37. The average Bonchev–Trinajstić information content (AvgIpc) is 2.86. The Morgan fingerprint density at radius 3 is 2.52 bits per heavy atom. The number of fused-ring (bicyclic) bond motifs is 1. The smallest absolute Gasteiger partial charge is 0.117 e. The van der Waals surface area contributed by atoms with Gasteiger partial charge in [0.1, 0.15) is 5.76 Å². The lowest BCUT2D eigenvalue weighted by Gasteiger charge is -2.42. The van der Waals surface area contributed by atoms with Crippen LogP contribution in [0.5, 0.6) is 0 Å². The lowest BCUT2D eigenvalue weighted by Crippen LogP contribution is -2.41. The topological polar surface area (TPSA) is 59.6 Å². The second kappa shape index (κ2) is 12.4. The number of nitrogens with one attached hydrogen (secondary N) is 3. The molecule has 1 heterocycles. The Labute approximate surface area is 200 Å². The molecule has 2 unspecified atom stereocenters. The Morgan fingerprint density at radius 1 is 1.12 bits per heavy atom. The molecule has 2 atom stereocenters. The molecule has 2 fully saturated rings. The number of allylic oxidation sites excluding steroid dienone is 3. The van der Waals surface area contributed by atoms with E-state index in [-0.39, 0.29) is 5.76 Å². The number of hydrogen-bond acceptors (Lipinski definition) is 5. The molecule has 5 nitrogen and oxygen atoms in total. The molecule has 1 aromatic rings. The van der Waals surface area contributed by atoms with Crippen molar-refractivity contribution in [2.75, 3.05) is 32.1 Å². The Bertz CT molecular complexity index is 862. The first-order chi connectivity index (χ1) is 16.0. The van der Waals surface area contributed by atoms with Gasteiger partial charge in [0, 0.05) is 56.4 Å². The van der Waals surface area contributed by atoms with Gasteiger partial charge in [-0.25, -0.2) is 0 Å². The van der Waals surface area contributed by atoms with Gasteiger partial charge in [0.25, 0.3) is 0 Å². The van der Waals surface area contributed by atoms with Gasteiger partial charge in [0.15, 0.2) is 0 Å². The molecule has 0 radical (unpaired) electrons. The molecule has 1 saturated carbocycles. The molecule has 3 rings (SSSR count). The summed E-state index contributed by atoms with van der Waals surface area (Å²) in [7, 11) is 3.70. The van der Waals surface area contributed by atoms with E-state index in [0.717, 1.165) is 35.2 Å². The maximum Gasteiger partial charge on any atom is 0.117 e. The van der Waals surface area contributed by atoms with Crippen molar-refractivity contribution in [3.05, 3.63) is 77.5 Å². The summed E-state index contributed by atoms with van der Waals surface area (Å²) < 4.78 is 0. The molecular weight excluding hydrogens is 408 g/mol. The zero-order valence-electron chi connectivity index (χ0n) is 20.7. The van der Waals surface area contributed by atoms with Gasteiger partial charge >= 0.3 is 0 Å². The van der Waals surface area contributed by atoms with Crippen LogP contribution in [-0.2, 0) is 6.54 Å². The normalized spacial score (nSPS) is 21.9. The molecule has 33 heavy (non-hydrogen) atoms. The molecule has 0 spiro atoms. The van der Waals surface area contributed by atoms with Crippen LogP contribution >= 0.6 is 0 Å². The molecular formula is C28H42N4O. The first kappa shape index (κ1) is 24.8. The number of aliphatic hydroxyl groups is 1. The molecule has 0 bridgehead atoms. The number of aliphatic hydroxyl groups excluding tert-OH is 1. The van der Waals surface area contributed by atoms with Crippen molar-refractivity contribution < 1.29 is 5.11 Å². The zero-order chi connectivity index (χ0) is 23.6. The van der Waals surface area contributed by atoms with Crippen molar-refractivity contribution in [3.63, 3.8) is 0 Å². The zero-order valence-corrected chi connectivity index (χ0v) is 20.7. The van der Waals surface area contributed by atoms with E-state index in [1.165, 1.54) is 56.4 Å². The second-order valence-corrected chi connectivity index (χ2v) is 9.22. The first-order valence-corrected chi connectivity index (χ1v) is 12.5. The van der Waals surface area contributed by atoms with E-state index in [1.54, 1.807) is 25.4 Å². The van der Waals surface area contributed by atoms with Gasteiger partial charge in [-0.05, 0) is 67.1 Å². The van der Waals surface area contributed by atoms with E-state index < -0.39 is 0 Å². The third kappa shape index (κ3) is 6.83. The van der Waals surface area contributed by atoms with E-state index in [0.29, 0.717) is 6.54 Å². The predicted molar refractivity (Wildman–Crippen MR) is 140 cm³/mol. The van der Waals surface area contributed by atoms with Crippen molar-refractivity contribution in [1.29, 1.82) is 0 Å². The number of benzene rings is 1. The third-order valence-electron chi connectivity index (χ3n) is 7.12. The van der Waals surface area contributed by atoms with Crippen molar-refractivity contribution in [3.8, 4) is 0 Å². The summed E-state index contributed by atoms with van der Waals surface area (Å²) in [4.78, 5) is 2.58. The van der Waals surface area contributed by atoms with Gasteiger partial charge in [-0.15, -0.1) is 0 Å².